The molecular weight excluding hydrogens is 573 g/mol. The number of anilines is 1. The van der Waals surface area contributed by atoms with Gasteiger partial charge in [0, 0.05) is 30.1 Å². The van der Waals surface area contributed by atoms with Gasteiger partial charge in [-0.15, -0.1) is 18.3 Å². The lowest BCUT2D eigenvalue weighted by molar-refractivity contribution is -0.274. The van der Waals surface area contributed by atoms with Crippen LogP contribution in [0.1, 0.15) is 30.5 Å². The molecule has 0 spiro atoms. The van der Waals surface area contributed by atoms with Crippen LogP contribution in [0.4, 0.5) is 18.9 Å². The lowest BCUT2D eigenvalue weighted by Crippen LogP contribution is -2.32. The second kappa shape index (κ2) is 12.8. The molecule has 226 valence electrons. The van der Waals surface area contributed by atoms with E-state index in [0.29, 0.717) is 18.2 Å². The Morgan fingerprint density at radius 2 is 1.67 bits per heavy atom. The van der Waals surface area contributed by atoms with Crippen molar-refractivity contribution < 1.29 is 17.9 Å². The molecule has 0 unspecified atom stereocenters. The van der Waals surface area contributed by atoms with E-state index in [1.807, 2.05) is 12.1 Å². The Balaban J connectivity index is 1.14. The lowest BCUT2D eigenvalue weighted by Gasteiger charge is -2.25. The Morgan fingerprint density at radius 1 is 0.977 bits per heavy atom. The van der Waals surface area contributed by atoms with Crippen molar-refractivity contribution in [2.75, 3.05) is 30.4 Å². The summed E-state index contributed by atoms with van der Waals surface area (Å²) in [5.41, 5.74) is 6.46. The van der Waals surface area contributed by atoms with Crippen molar-refractivity contribution in [1.82, 2.24) is 20.1 Å². The van der Waals surface area contributed by atoms with Gasteiger partial charge in [-0.1, -0.05) is 68.1 Å². The molecule has 1 aliphatic rings. The molecule has 1 aromatic heterocycles. The van der Waals surface area contributed by atoms with Crippen molar-refractivity contribution in [1.29, 1.82) is 0 Å². The number of ether oxygens (including phenoxy) is 1. The Hall–Kier alpha value is -3.83. The fourth-order valence-corrected chi connectivity index (χ4v) is 6.15. The molecule has 5 rings (SSSR count). The number of aryl methyl sites for hydroxylation is 2. The van der Waals surface area contributed by atoms with Crippen molar-refractivity contribution in [3.63, 3.8) is 0 Å². The van der Waals surface area contributed by atoms with Crippen molar-refractivity contribution in [2.24, 2.45) is 10.4 Å². The van der Waals surface area contributed by atoms with Gasteiger partial charge < -0.3 is 9.64 Å². The molecule has 2 heterocycles. The average molecular weight is 609 g/mol. The summed E-state index contributed by atoms with van der Waals surface area (Å²) in [7, 11) is 0. The number of aliphatic imine (C=N–C) groups is 1. The number of aromatic nitrogens is 3. The number of benzene rings is 3. The first-order valence-corrected chi connectivity index (χ1v) is 15.0. The summed E-state index contributed by atoms with van der Waals surface area (Å²) in [4.78, 5) is 11.6. The van der Waals surface area contributed by atoms with Crippen LogP contribution < -0.4 is 15.0 Å². The van der Waals surface area contributed by atoms with E-state index in [2.05, 4.69) is 83.1 Å². The normalized spacial score (nSPS) is 15.0. The molecule has 0 saturated carbocycles. The second-order valence-corrected chi connectivity index (χ2v) is 12.4. The smallest absolute Gasteiger partial charge is 0.406 e. The monoisotopic (exact) mass is 608 g/mol. The molecule has 0 aliphatic carbocycles. The Labute approximate surface area is 254 Å². The first kappa shape index (κ1) is 30.6. The van der Waals surface area contributed by atoms with Gasteiger partial charge in [-0.3, -0.25) is 5.32 Å². The van der Waals surface area contributed by atoms with Crippen LogP contribution in [-0.4, -0.2) is 51.8 Å². The Morgan fingerprint density at radius 3 is 2.35 bits per heavy atom. The van der Waals surface area contributed by atoms with Crippen LogP contribution in [0.2, 0.25) is 0 Å². The van der Waals surface area contributed by atoms with Gasteiger partial charge in [0.15, 0.2) is 11.0 Å². The maximum atomic E-state index is 12.4. The number of alkyl halides is 3. The summed E-state index contributed by atoms with van der Waals surface area (Å²) in [6.45, 7) is 11.1. The number of para-hydroxylation sites is 1. The van der Waals surface area contributed by atoms with Crippen LogP contribution in [-0.2, 0) is 6.42 Å². The molecule has 1 saturated heterocycles. The van der Waals surface area contributed by atoms with E-state index in [4.69, 9.17) is 4.99 Å². The van der Waals surface area contributed by atoms with E-state index in [1.165, 1.54) is 57.7 Å². The van der Waals surface area contributed by atoms with Crippen molar-refractivity contribution in [3.05, 3.63) is 89.7 Å². The van der Waals surface area contributed by atoms with Gasteiger partial charge >= 0.3 is 6.36 Å². The van der Waals surface area contributed by atoms with Gasteiger partial charge in [0.05, 0.1) is 12.4 Å². The molecular formula is C32H35F3N6OS. The minimum Gasteiger partial charge on any atom is -0.406 e. The zero-order valence-electron chi connectivity index (χ0n) is 24.7. The largest absolute Gasteiger partial charge is 0.573 e. The highest BCUT2D eigenvalue weighted by atomic mass is 32.2. The van der Waals surface area contributed by atoms with E-state index in [0.717, 1.165) is 36.0 Å². The number of thioether (sulfide) groups is 1. The van der Waals surface area contributed by atoms with E-state index in [-0.39, 0.29) is 11.2 Å². The van der Waals surface area contributed by atoms with Gasteiger partial charge in [0.1, 0.15) is 12.1 Å². The lowest BCUT2D eigenvalue weighted by atomic mass is 9.85. The van der Waals surface area contributed by atoms with Crippen LogP contribution in [0, 0.1) is 19.3 Å². The van der Waals surface area contributed by atoms with Gasteiger partial charge in [-0.05, 0) is 66.6 Å². The number of nitrogens with one attached hydrogen (secondary N) is 1. The summed E-state index contributed by atoms with van der Waals surface area (Å²) in [6.07, 6.45) is -2.31. The Kier molecular flexibility index (Phi) is 9.12. The number of nitrogens with zero attached hydrogens (tertiary/aromatic N) is 5. The quantitative estimate of drug-likeness (QED) is 0.193. The molecule has 0 atom stereocenters. The number of halogens is 3. The zero-order chi connectivity index (χ0) is 30.6. The topological polar surface area (TPSA) is 67.6 Å². The minimum absolute atomic E-state index is 0.0125. The van der Waals surface area contributed by atoms with Gasteiger partial charge in [0.25, 0.3) is 0 Å². The SMILES string of the molecule is Cc1cccc(C)c1N1CCSC1=NCNCC(C)(C)Cc1ccc(-c2ncn(-c3ccc(OC(F)(F)F)cc3)n2)cc1. The average Bonchev–Trinajstić information content (AvgIpc) is 3.61. The van der Waals surface area contributed by atoms with Crippen LogP contribution >= 0.6 is 11.8 Å². The third kappa shape index (κ3) is 7.97. The van der Waals surface area contributed by atoms with E-state index < -0.39 is 6.36 Å². The molecule has 0 radical (unpaired) electrons. The molecule has 11 heteroatoms. The molecule has 7 nitrogen and oxygen atoms in total. The predicted octanol–water partition coefficient (Wildman–Crippen LogP) is 7.17. The van der Waals surface area contributed by atoms with Gasteiger partial charge in [-0.25, -0.2) is 14.7 Å². The van der Waals surface area contributed by atoms with Crippen LogP contribution in [0.15, 0.2) is 78.0 Å². The summed E-state index contributed by atoms with van der Waals surface area (Å²) in [6, 6.07) is 20.0. The number of hydrogen-bond donors (Lipinski definition) is 1. The molecule has 0 bridgehead atoms. The maximum Gasteiger partial charge on any atom is 0.573 e. The summed E-state index contributed by atoms with van der Waals surface area (Å²) < 4.78 is 42.7. The minimum atomic E-state index is -4.73. The molecule has 3 aromatic carbocycles. The fourth-order valence-electron chi connectivity index (χ4n) is 5.20. The number of hydrogen-bond acceptors (Lipinski definition) is 6. The highest BCUT2D eigenvalue weighted by Crippen LogP contribution is 2.31. The van der Waals surface area contributed by atoms with E-state index in [1.54, 1.807) is 11.8 Å². The van der Waals surface area contributed by atoms with Crippen LogP contribution in [0.25, 0.3) is 17.1 Å². The first-order valence-electron chi connectivity index (χ1n) is 14.1. The van der Waals surface area contributed by atoms with Crippen molar-refractivity contribution in [3.8, 4) is 22.8 Å². The third-order valence-corrected chi connectivity index (χ3v) is 8.13. The molecule has 1 aliphatic heterocycles. The summed E-state index contributed by atoms with van der Waals surface area (Å²) in [5.74, 6) is 1.28. The highest BCUT2D eigenvalue weighted by molar-refractivity contribution is 8.14. The van der Waals surface area contributed by atoms with Gasteiger partial charge in [-0.2, -0.15) is 0 Å². The molecule has 4 aromatic rings. The maximum absolute atomic E-state index is 12.4. The van der Waals surface area contributed by atoms with E-state index in [9.17, 15) is 13.2 Å². The fraction of sp³-hybridized carbons (Fsp3) is 0.344. The molecule has 1 N–H and O–H groups in total. The summed E-state index contributed by atoms with van der Waals surface area (Å²) in [5, 5.41) is 9.09. The summed E-state index contributed by atoms with van der Waals surface area (Å²) >= 11 is 1.81. The zero-order valence-corrected chi connectivity index (χ0v) is 25.5. The molecule has 1 fully saturated rings. The van der Waals surface area contributed by atoms with E-state index >= 15 is 0 Å². The van der Waals surface area contributed by atoms with Crippen molar-refractivity contribution >= 4 is 22.6 Å². The highest BCUT2D eigenvalue weighted by Gasteiger charge is 2.31. The predicted molar refractivity (Wildman–Crippen MR) is 167 cm³/mol. The molecule has 43 heavy (non-hydrogen) atoms. The van der Waals surface area contributed by atoms with Gasteiger partial charge in [0.2, 0.25) is 0 Å². The third-order valence-electron chi connectivity index (χ3n) is 7.14. The molecule has 0 amide bonds. The first-order chi connectivity index (χ1) is 20.5. The van der Waals surface area contributed by atoms with Crippen LogP contribution in [0.5, 0.6) is 5.75 Å². The number of amidine groups is 1. The second-order valence-electron chi connectivity index (χ2n) is 11.4. The Bertz CT molecular complexity index is 1550. The van der Waals surface area contributed by atoms with Crippen LogP contribution in [0.3, 0.4) is 0 Å². The standard InChI is InChI=1S/C32H35F3N6OS/c1-22-6-5-7-23(2)28(22)40-16-17-43-30(40)37-20-36-19-31(3,4)18-24-8-10-25(11-9-24)29-38-21-41(39-29)26-12-14-27(15-13-26)42-32(33,34)35/h5-15,21,36H,16-20H2,1-4H3. The number of rotatable bonds is 10. The van der Waals surface area contributed by atoms with Crippen molar-refractivity contribution in [2.45, 2.75) is 40.5 Å².